The molecule has 18 heavy (non-hydrogen) atoms. The highest BCUT2D eigenvalue weighted by Gasteiger charge is 2.21. The lowest BCUT2D eigenvalue weighted by molar-refractivity contribution is -0.210. The summed E-state index contributed by atoms with van der Waals surface area (Å²) >= 11 is 0. The molecule has 1 aromatic carbocycles. The Balaban J connectivity index is 2.16. The van der Waals surface area contributed by atoms with Gasteiger partial charge in [-0.05, 0) is 18.2 Å². The summed E-state index contributed by atoms with van der Waals surface area (Å²) in [5.41, 5.74) is 4.32. The van der Waals surface area contributed by atoms with Crippen molar-refractivity contribution in [1.29, 1.82) is 0 Å². The lowest BCUT2D eigenvalue weighted by Crippen LogP contribution is -2.45. The molecular formula is C11H13N3O4. The van der Waals surface area contributed by atoms with Gasteiger partial charge in [-0.3, -0.25) is 14.8 Å². The van der Waals surface area contributed by atoms with E-state index in [9.17, 15) is 9.59 Å². The number of amides is 2. The van der Waals surface area contributed by atoms with Crippen LogP contribution in [-0.4, -0.2) is 24.1 Å². The number of hydrogen-bond acceptors (Lipinski definition) is 5. The van der Waals surface area contributed by atoms with Crippen molar-refractivity contribution in [1.82, 2.24) is 10.4 Å². The maximum Gasteiger partial charge on any atom is 0.352 e. The molecule has 0 aliphatic carbocycles. The van der Waals surface area contributed by atoms with E-state index in [4.69, 9.17) is 4.89 Å². The summed E-state index contributed by atoms with van der Waals surface area (Å²) in [4.78, 5) is 31.4. The predicted molar refractivity (Wildman–Crippen MR) is 62.5 cm³/mol. The fourth-order valence-electron chi connectivity index (χ4n) is 1.59. The van der Waals surface area contributed by atoms with Crippen molar-refractivity contribution in [2.24, 2.45) is 0 Å². The molecule has 2 N–H and O–H groups in total. The third kappa shape index (κ3) is 2.51. The SMILES string of the molecule is CNN1Cc2cc(OOC(C)=O)ccc2NC1=O. The minimum atomic E-state index is -0.530. The molecule has 1 aliphatic heterocycles. The molecule has 7 nitrogen and oxygen atoms in total. The highest BCUT2D eigenvalue weighted by Crippen LogP contribution is 2.26. The number of rotatable bonds is 3. The quantitative estimate of drug-likeness (QED) is 0.619. The van der Waals surface area contributed by atoms with Gasteiger partial charge in [0.15, 0.2) is 5.75 Å². The summed E-state index contributed by atoms with van der Waals surface area (Å²) < 4.78 is 0. The second-order valence-electron chi connectivity index (χ2n) is 3.72. The number of nitrogens with zero attached hydrogens (tertiary/aromatic N) is 1. The molecule has 0 radical (unpaired) electrons. The molecule has 0 saturated heterocycles. The van der Waals surface area contributed by atoms with Gasteiger partial charge < -0.3 is 5.32 Å². The van der Waals surface area contributed by atoms with Crippen LogP contribution < -0.4 is 15.6 Å². The van der Waals surface area contributed by atoms with Gasteiger partial charge in [0.2, 0.25) is 0 Å². The lowest BCUT2D eigenvalue weighted by Gasteiger charge is -2.28. The minimum Gasteiger partial charge on any atom is -0.306 e. The first-order chi connectivity index (χ1) is 8.60. The van der Waals surface area contributed by atoms with E-state index in [2.05, 4.69) is 15.6 Å². The topological polar surface area (TPSA) is 79.9 Å². The number of benzene rings is 1. The van der Waals surface area contributed by atoms with Gasteiger partial charge in [-0.2, -0.15) is 0 Å². The van der Waals surface area contributed by atoms with E-state index >= 15 is 0 Å². The Morgan fingerprint density at radius 3 is 2.94 bits per heavy atom. The molecule has 0 bridgehead atoms. The monoisotopic (exact) mass is 251 g/mol. The molecule has 0 fully saturated rings. The third-order valence-electron chi connectivity index (χ3n) is 2.42. The molecule has 1 heterocycles. The van der Waals surface area contributed by atoms with Gasteiger partial charge in [0.1, 0.15) is 0 Å². The predicted octanol–water partition coefficient (Wildman–Crippen LogP) is 1.03. The lowest BCUT2D eigenvalue weighted by atomic mass is 10.1. The van der Waals surface area contributed by atoms with Crippen molar-refractivity contribution < 1.29 is 19.4 Å². The van der Waals surface area contributed by atoms with Crippen LogP contribution in [0.5, 0.6) is 5.75 Å². The number of carbonyl (C=O) groups is 2. The first-order valence-corrected chi connectivity index (χ1v) is 5.34. The van der Waals surface area contributed by atoms with Crippen LogP contribution >= 0.6 is 0 Å². The fraction of sp³-hybridized carbons (Fsp3) is 0.273. The third-order valence-corrected chi connectivity index (χ3v) is 2.42. The second-order valence-corrected chi connectivity index (χ2v) is 3.72. The van der Waals surface area contributed by atoms with Crippen LogP contribution in [0.3, 0.4) is 0 Å². The average Bonchev–Trinajstić information content (AvgIpc) is 2.35. The van der Waals surface area contributed by atoms with Gasteiger partial charge in [0, 0.05) is 25.2 Å². The number of anilines is 1. The van der Waals surface area contributed by atoms with E-state index in [-0.39, 0.29) is 6.03 Å². The Hall–Kier alpha value is -2.28. The molecule has 0 unspecified atom stereocenters. The van der Waals surface area contributed by atoms with Crippen molar-refractivity contribution in [3.8, 4) is 5.75 Å². The molecule has 7 heteroatoms. The van der Waals surface area contributed by atoms with Crippen molar-refractivity contribution in [3.63, 3.8) is 0 Å². The highest BCUT2D eigenvalue weighted by atomic mass is 17.2. The number of fused-ring (bicyclic) bond motifs is 1. The van der Waals surface area contributed by atoms with Gasteiger partial charge in [0.05, 0.1) is 6.54 Å². The summed E-state index contributed by atoms with van der Waals surface area (Å²) in [6.45, 7) is 1.65. The summed E-state index contributed by atoms with van der Waals surface area (Å²) in [6.07, 6.45) is 0. The zero-order valence-corrected chi connectivity index (χ0v) is 10.0. The van der Waals surface area contributed by atoms with Crippen LogP contribution in [-0.2, 0) is 16.2 Å². The van der Waals surface area contributed by atoms with E-state index in [1.54, 1.807) is 25.2 Å². The van der Waals surface area contributed by atoms with Crippen LogP contribution in [0.4, 0.5) is 10.5 Å². The van der Waals surface area contributed by atoms with Crippen LogP contribution in [0.15, 0.2) is 18.2 Å². The van der Waals surface area contributed by atoms with Crippen molar-refractivity contribution in [2.75, 3.05) is 12.4 Å². The van der Waals surface area contributed by atoms with Gasteiger partial charge in [-0.1, -0.05) is 0 Å². The normalized spacial score (nSPS) is 13.7. The summed E-state index contributed by atoms with van der Waals surface area (Å²) in [6, 6.07) is 4.77. The van der Waals surface area contributed by atoms with Gasteiger partial charge in [-0.15, -0.1) is 0 Å². The summed E-state index contributed by atoms with van der Waals surface area (Å²) in [5, 5.41) is 4.13. The summed E-state index contributed by atoms with van der Waals surface area (Å²) in [5.74, 6) is -0.131. The van der Waals surface area contributed by atoms with Crippen LogP contribution in [0.25, 0.3) is 0 Å². The Morgan fingerprint density at radius 1 is 1.50 bits per heavy atom. The Labute approximate surface area is 104 Å². The van der Waals surface area contributed by atoms with Gasteiger partial charge in [0.25, 0.3) is 0 Å². The molecule has 1 aliphatic rings. The Kier molecular flexibility index (Phi) is 3.33. The molecule has 0 spiro atoms. The molecule has 96 valence electrons. The Bertz CT molecular complexity index is 489. The molecule has 2 rings (SSSR count). The number of nitrogens with one attached hydrogen (secondary N) is 2. The van der Waals surface area contributed by atoms with Crippen molar-refractivity contribution in [2.45, 2.75) is 13.5 Å². The van der Waals surface area contributed by atoms with E-state index in [1.165, 1.54) is 11.9 Å². The number of hydrazine groups is 1. The maximum atomic E-state index is 11.5. The second kappa shape index (κ2) is 4.92. The molecule has 0 atom stereocenters. The van der Waals surface area contributed by atoms with E-state index in [0.717, 1.165) is 5.56 Å². The van der Waals surface area contributed by atoms with Crippen molar-refractivity contribution in [3.05, 3.63) is 23.8 Å². The molecule has 0 saturated carbocycles. The van der Waals surface area contributed by atoms with E-state index in [0.29, 0.717) is 18.0 Å². The first-order valence-electron chi connectivity index (χ1n) is 5.34. The highest BCUT2D eigenvalue weighted by molar-refractivity contribution is 5.92. The molecule has 1 aromatic rings. The zero-order chi connectivity index (χ0) is 13.1. The van der Waals surface area contributed by atoms with Crippen LogP contribution in [0.1, 0.15) is 12.5 Å². The van der Waals surface area contributed by atoms with Crippen LogP contribution in [0.2, 0.25) is 0 Å². The number of urea groups is 1. The minimum absolute atomic E-state index is 0.223. The number of hydrogen-bond donors (Lipinski definition) is 2. The average molecular weight is 251 g/mol. The van der Waals surface area contributed by atoms with Crippen LogP contribution in [0, 0.1) is 0 Å². The van der Waals surface area contributed by atoms with Gasteiger partial charge in [-0.25, -0.2) is 15.0 Å². The summed E-state index contributed by atoms with van der Waals surface area (Å²) in [7, 11) is 1.66. The molecular weight excluding hydrogens is 238 g/mol. The molecule has 2 amide bonds. The zero-order valence-electron chi connectivity index (χ0n) is 10.0. The van der Waals surface area contributed by atoms with E-state index < -0.39 is 5.97 Å². The standard InChI is InChI=1S/C11H13N3O4/c1-7(15)17-18-9-3-4-10-8(5-9)6-14(12-2)11(16)13-10/h3-5,12H,6H2,1-2H3,(H,13,16). The smallest absolute Gasteiger partial charge is 0.306 e. The Morgan fingerprint density at radius 2 is 2.28 bits per heavy atom. The van der Waals surface area contributed by atoms with Gasteiger partial charge >= 0.3 is 12.0 Å². The number of carbonyl (C=O) groups excluding carboxylic acids is 2. The first kappa shape index (κ1) is 12.2. The largest absolute Gasteiger partial charge is 0.352 e. The van der Waals surface area contributed by atoms with Crippen molar-refractivity contribution >= 4 is 17.7 Å². The van der Waals surface area contributed by atoms with E-state index in [1.807, 2.05) is 0 Å². The molecule has 0 aromatic heterocycles. The maximum absolute atomic E-state index is 11.5. The fourth-order valence-corrected chi connectivity index (χ4v) is 1.59.